The van der Waals surface area contributed by atoms with E-state index in [4.69, 9.17) is 0 Å². The topological polar surface area (TPSA) is 55.4 Å². The lowest BCUT2D eigenvalue weighted by molar-refractivity contribution is -0.134. The Morgan fingerprint density at radius 1 is 1.22 bits per heavy atom. The molecule has 0 atom stereocenters. The number of esters is 1. The lowest BCUT2D eigenvalue weighted by Crippen LogP contribution is -2.17. The van der Waals surface area contributed by atoms with Crippen molar-refractivity contribution in [1.82, 2.24) is 5.32 Å². The molecular weight excluding hydrogens is 230 g/mol. The maximum absolute atomic E-state index is 11.3. The summed E-state index contributed by atoms with van der Waals surface area (Å²) >= 11 is 0. The van der Waals surface area contributed by atoms with Crippen molar-refractivity contribution in [1.29, 1.82) is 0 Å². The van der Waals surface area contributed by atoms with Gasteiger partial charge in [-0.2, -0.15) is 0 Å². The summed E-state index contributed by atoms with van der Waals surface area (Å²) < 4.78 is 4.52. The highest BCUT2D eigenvalue weighted by molar-refractivity contribution is 5.83. The lowest BCUT2D eigenvalue weighted by atomic mass is 10.1. The summed E-state index contributed by atoms with van der Waals surface area (Å²) in [6, 6.07) is 0. The van der Waals surface area contributed by atoms with E-state index < -0.39 is 5.97 Å². The molecule has 0 aliphatic heterocycles. The van der Waals surface area contributed by atoms with Crippen molar-refractivity contribution in [2.75, 3.05) is 14.2 Å². The van der Waals surface area contributed by atoms with Gasteiger partial charge in [-0.3, -0.25) is 4.79 Å². The molecule has 0 aromatic heterocycles. The van der Waals surface area contributed by atoms with E-state index in [9.17, 15) is 9.59 Å². The quantitative estimate of drug-likeness (QED) is 0.313. The zero-order valence-electron chi connectivity index (χ0n) is 11.5. The number of carbonyl (C=O) groups excluding carboxylic acids is 2. The molecule has 0 spiro atoms. The van der Waals surface area contributed by atoms with Crippen molar-refractivity contribution in [2.24, 2.45) is 0 Å². The molecule has 0 saturated heterocycles. The smallest absolute Gasteiger partial charge is 0.330 e. The van der Waals surface area contributed by atoms with Gasteiger partial charge in [0.1, 0.15) is 0 Å². The Bertz CT molecular complexity index is 319. The first-order valence-corrected chi connectivity index (χ1v) is 6.29. The minimum absolute atomic E-state index is 0.0637. The van der Waals surface area contributed by atoms with E-state index in [-0.39, 0.29) is 12.3 Å². The fraction of sp³-hybridized carbons (Fsp3) is 0.571. The Morgan fingerprint density at radius 3 is 2.50 bits per heavy atom. The molecule has 4 nitrogen and oxygen atoms in total. The Labute approximate surface area is 109 Å². The average molecular weight is 253 g/mol. The van der Waals surface area contributed by atoms with Crippen molar-refractivity contribution in [3.8, 4) is 0 Å². The van der Waals surface area contributed by atoms with E-state index in [1.165, 1.54) is 19.6 Å². The van der Waals surface area contributed by atoms with E-state index in [0.717, 1.165) is 24.8 Å². The third-order valence-corrected chi connectivity index (χ3v) is 2.49. The van der Waals surface area contributed by atoms with E-state index in [1.807, 2.05) is 6.08 Å². The summed E-state index contributed by atoms with van der Waals surface area (Å²) in [6.45, 7) is 2.15. The van der Waals surface area contributed by atoms with Gasteiger partial charge in [0, 0.05) is 13.1 Å². The second-order valence-corrected chi connectivity index (χ2v) is 3.98. The van der Waals surface area contributed by atoms with Crippen molar-refractivity contribution in [2.45, 2.75) is 39.0 Å². The first-order chi connectivity index (χ1) is 8.63. The molecule has 0 saturated carbocycles. The van der Waals surface area contributed by atoms with Gasteiger partial charge in [0.15, 0.2) is 0 Å². The van der Waals surface area contributed by atoms with Gasteiger partial charge in [-0.25, -0.2) is 4.79 Å². The summed E-state index contributed by atoms with van der Waals surface area (Å²) in [6.07, 6.45) is 9.63. The highest BCUT2D eigenvalue weighted by atomic mass is 16.5. The maximum Gasteiger partial charge on any atom is 0.330 e. The maximum atomic E-state index is 11.3. The molecule has 0 aliphatic rings. The van der Waals surface area contributed by atoms with E-state index in [1.54, 1.807) is 13.1 Å². The summed E-state index contributed by atoms with van der Waals surface area (Å²) in [4.78, 5) is 22.3. The van der Waals surface area contributed by atoms with Crippen LogP contribution in [0.5, 0.6) is 0 Å². The number of hydrogen-bond acceptors (Lipinski definition) is 3. The van der Waals surface area contributed by atoms with Crippen LogP contribution in [-0.4, -0.2) is 26.0 Å². The fourth-order valence-electron chi connectivity index (χ4n) is 1.40. The van der Waals surface area contributed by atoms with Crippen LogP contribution in [-0.2, 0) is 14.3 Å². The second-order valence-electron chi connectivity index (χ2n) is 3.98. The summed E-state index contributed by atoms with van der Waals surface area (Å²) in [5.74, 6) is -0.474. The zero-order chi connectivity index (χ0) is 13.8. The highest BCUT2D eigenvalue weighted by Crippen LogP contribution is 2.09. The molecular formula is C14H23NO3. The molecule has 0 aliphatic carbocycles. The molecule has 0 rings (SSSR count). The first-order valence-electron chi connectivity index (χ1n) is 6.29. The van der Waals surface area contributed by atoms with Crippen LogP contribution in [0.25, 0.3) is 0 Å². The van der Waals surface area contributed by atoms with Crippen molar-refractivity contribution in [3.05, 3.63) is 23.8 Å². The second kappa shape index (κ2) is 10.6. The Balaban J connectivity index is 4.45. The largest absolute Gasteiger partial charge is 0.466 e. The van der Waals surface area contributed by atoms with Gasteiger partial charge in [-0.1, -0.05) is 31.9 Å². The number of rotatable bonds is 8. The molecule has 0 heterocycles. The van der Waals surface area contributed by atoms with Gasteiger partial charge in [-0.15, -0.1) is 0 Å². The average Bonchev–Trinajstić information content (AvgIpc) is 2.39. The molecule has 0 radical (unpaired) electrons. The van der Waals surface area contributed by atoms with E-state index in [0.29, 0.717) is 0 Å². The Kier molecular flexibility index (Phi) is 9.64. The van der Waals surface area contributed by atoms with Crippen LogP contribution in [0, 0.1) is 0 Å². The number of ether oxygens (including phenoxy) is 1. The minimum Gasteiger partial charge on any atom is -0.466 e. The summed E-state index contributed by atoms with van der Waals surface area (Å²) in [5.41, 5.74) is 0.843. The predicted molar refractivity (Wildman–Crippen MR) is 72.1 cm³/mol. The van der Waals surface area contributed by atoms with E-state index >= 15 is 0 Å². The molecule has 0 aromatic carbocycles. The number of allylic oxidation sites excluding steroid dienone is 2. The van der Waals surface area contributed by atoms with Crippen molar-refractivity contribution in [3.63, 3.8) is 0 Å². The number of nitrogens with one attached hydrogen (secondary N) is 1. The Hall–Kier alpha value is -1.58. The molecule has 18 heavy (non-hydrogen) atoms. The molecule has 0 unspecified atom stereocenters. The summed E-state index contributed by atoms with van der Waals surface area (Å²) in [7, 11) is 2.93. The van der Waals surface area contributed by atoms with Gasteiger partial charge < -0.3 is 10.1 Å². The molecule has 102 valence electrons. The van der Waals surface area contributed by atoms with Crippen LogP contribution in [0.4, 0.5) is 0 Å². The number of carbonyl (C=O) groups is 2. The number of unbranched alkanes of at least 4 members (excludes halogenated alkanes) is 3. The first kappa shape index (κ1) is 16.4. The molecule has 0 fully saturated rings. The van der Waals surface area contributed by atoms with Gasteiger partial charge >= 0.3 is 5.97 Å². The van der Waals surface area contributed by atoms with Gasteiger partial charge in [-0.05, 0) is 18.4 Å². The summed E-state index contributed by atoms with van der Waals surface area (Å²) in [5, 5.41) is 2.57. The van der Waals surface area contributed by atoms with Crippen LogP contribution in [0.1, 0.15) is 39.0 Å². The lowest BCUT2D eigenvalue weighted by Gasteiger charge is -2.02. The SMILES string of the molecule is CCCCC/C=C(/C=C/C(=O)OC)CC(=O)NC. The van der Waals surface area contributed by atoms with Crippen LogP contribution in [0.3, 0.4) is 0 Å². The molecule has 1 N–H and O–H groups in total. The fourth-order valence-corrected chi connectivity index (χ4v) is 1.40. The van der Waals surface area contributed by atoms with Crippen LogP contribution in [0.2, 0.25) is 0 Å². The van der Waals surface area contributed by atoms with Crippen LogP contribution >= 0.6 is 0 Å². The molecule has 4 heteroatoms. The molecule has 0 bridgehead atoms. The number of amides is 1. The molecule has 0 aromatic rings. The van der Waals surface area contributed by atoms with Crippen molar-refractivity contribution >= 4 is 11.9 Å². The van der Waals surface area contributed by atoms with Gasteiger partial charge in [0.2, 0.25) is 5.91 Å². The monoisotopic (exact) mass is 253 g/mol. The zero-order valence-corrected chi connectivity index (χ0v) is 11.5. The standard InChI is InChI=1S/C14H23NO3/c1-4-5-6-7-8-12(11-13(16)15-2)9-10-14(17)18-3/h8-10H,4-7,11H2,1-3H3,(H,15,16)/b10-9+,12-8-. The predicted octanol–water partition coefficient (Wildman–Crippen LogP) is 2.36. The minimum atomic E-state index is -0.411. The number of methoxy groups -OCH3 is 1. The van der Waals surface area contributed by atoms with Crippen LogP contribution < -0.4 is 5.32 Å². The van der Waals surface area contributed by atoms with E-state index in [2.05, 4.69) is 17.0 Å². The van der Waals surface area contributed by atoms with Crippen molar-refractivity contribution < 1.29 is 14.3 Å². The molecule has 1 amide bonds. The highest BCUT2D eigenvalue weighted by Gasteiger charge is 2.02. The normalized spacial score (nSPS) is 11.6. The van der Waals surface area contributed by atoms with Gasteiger partial charge in [0.25, 0.3) is 0 Å². The Morgan fingerprint density at radius 2 is 1.94 bits per heavy atom. The number of hydrogen-bond donors (Lipinski definition) is 1. The van der Waals surface area contributed by atoms with Gasteiger partial charge in [0.05, 0.1) is 13.5 Å². The third-order valence-electron chi connectivity index (χ3n) is 2.49. The van der Waals surface area contributed by atoms with Crippen LogP contribution in [0.15, 0.2) is 23.8 Å². The third kappa shape index (κ3) is 8.56.